The van der Waals surface area contributed by atoms with Crippen molar-refractivity contribution < 1.29 is 5.11 Å². The number of aryl methyl sites for hydroxylation is 1. The molecule has 0 amide bonds. The molecule has 0 saturated heterocycles. The van der Waals surface area contributed by atoms with Gasteiger partial charge in [0.15, 0.2) is 0 Å². The molecule has 0 fully saturated rings. The van der Waals surface area contributed by atoms with Crippen molar-refractivity contribution in [3.05, 3.63) is 28.8 Å². The van der Waals surface area contributed by atoms with E-state index in [0.29, 0.717) is 12.3 Å². The predicted molar refractivity (Wildman–Crippen MR) is 56.1 cm³/mol. The van der Waals surface area contributed by atoms with Gasteiger partial charge >= 0.3 is 0 Å². The molecule has 0 aliphatic heterocycles. The molecule has 2 rings (SSSR count). The summed E-state index contributed by atoms with van der Waals surface area (Å²) in [6.07, 6.45) is 3.16. The Bertz CT molecular complexity index is 349. The van der Waals surface area contributed by atoms with Gasteiger partial charge in [0.1, 0.15) is 5.75 Å². The van der Waals surface area contributed by atoms with Crippen LogP contribution in [-0.4, -0.2) is 11.7 Å². The van der Waals surface area contributed by atoms with E-state index in [1.807, 2.05) is 0 Å². The molecular formula is C11H16N2O. The van der Waals surface area contributed by atoms with Gasteiger partial charge in [-0.3, -0.25) is 0 Å². The van der Waals surface area contributed by atoms with E-state index in [-0.39, 0.29) is 6.04 Å². The molecule has 0 aromatic heterocycles. The minimum absolute atomic E-state index is 0.160. The van der Waals surface area contributed by atoms with Crippen LogP contribution < -0.4 is 11.5 Å². The van der Waals surface area contributed by atoms with Gasteiger partial charge in [-0.25, -0.2) is 0 Å². The summed E-state index contributed by atoms with van der Waals surface area (Å²) in [5, 5.41) is 9.76. The highest BCUT2D eigenvalue weighted by atomic mass is 16.3. The average molecular weight is 192 g/mol. The molecule has 1 atom stereocenters. The average Bonchev–Trinajstić information content (AvgIpc) is 2.64. The lowest BCUT2D eigenvalue weighted by atomic mass is 10.0. The Morgan fingerprint density at radius 3 is 2.86 bits per heavy atom. The second kappa shape index (κ2) is 3.59. The van der Waals surface area contributed by atoms with Gasteiger partial charge in [-0.2, -0.15) is 0 Å². The van der Waals surface area contributed by atoms with Crippen molar-refractivity contribution in [2.24, 2.45) is 11.5 Å². The number of hydrogen-bond donors (Lipinski definition) is 3. The standard InChI is InChI=1S/C11H16N2O/c12-6-10(13)8-4-7-2-1-3-9(7)11(14)5-8/h4-5,10,14H,1-3,6,12-13H2/t10-/m0/s1. The number of aromatic hydroxyl groups is 1. The smallest absolute Gasteiger partial charge is 0.119 e. The number of benzene rings is 1. The van der Waals surface area contributed by atoms with Crippen LogP contribution in [0.25, 0.3) is 0 Å². The van der Waals surface area contributed by atoms with Gasteiger partial charge in [0, 0.05) is 12.6 Å². The van der Waals surface area contributed by atoms with Crippen molar-refractivity contribution >= 4 is 0 Å². The van der Waals surface area contributed by atoms with E-state index < -0.39 is 0 Å². The third-order valence-corrected chi connectivity index (χ3v) is 2.90. The van der Waals surface area contributed by atoms with Crippen molar-refractivity contribution in [3.8, 4) is 5.75 Å². The van der Waals surface area contributed by atoms with Gasteiger partial charge in [0.2, 0.25) is 0 Å². The Hall–Kier alpha value is -1.06. The molecule has 0 unspecified atom stereocenters. The highest BCUT2D eigenvalue weighted by molar-refractivity contribution is 5.46. The van der Waals surface area contributed by atoms with Crippen molar-refractivity contribution in [1.82, 2.24) is 0 Å². The topological polar surface area (TPSA) is 72.3 Å². The Balaban J connectivity index is 2.41. The molecule has 0 saturated carbocycles. The first-order valence-electron chi connectivity index (χ1n) is 5.02. The summed E-state index contributed by atoms with van der Waals surface area (Å²) in [6, 6.07) is 3.67. The lowest BCUT2D eigenvalue weighted by Gasteiger charge is -2.12. The summed E-state index contributed by atoms with van der Waals surface area (Å²) in [4.78, 5) is 0. The van der Waals surface area contributed by atoms with E-state index in [0.717, 1.165) is 30.4 Å². The number of hydrogen-bond acceptors (Lipinski definition) is 3. The SMILES string of the molecule is NC[C@H](N)c1cc(O)c2c(c1)CCC2. The Labute approximate surface area is 83.7 Å². The van der Waals surface area contributed by atoms with Crippen LogP contribution in [0.3, 0.4) is 0 Å². The minimum Gasteiger partial charge on any atom is -0.508 e. The third kappa shape index (κ3) is 1.49. The maximum Gasteiger partial charge on any atom is 0.119 e. The molecule has 76 valence electrons. The van der Waals surface area contributed by atoms with Crippen LogP contribution >= 0.6 is 0 Å². The van der Waals surface area contributed by atoms with Crippen LogP contribution in [0.15, 0.2) is 12.1 Å². The van der Waals surface area contributed by atoms with E-state index in [2.05, 4.69) is 6.07 Å². The molecule has 0 spiro atoms. The first kappa shape index (κ1) is 9.49. The van der Waals surface area contributed by atoms with E-state index in [4.69, 9.17) is 11.5 Å². The first-order valence-corrected chi connectivity index (χ1v) is 5.02. The summed E-state index contributed by atoms with van der Waals surface area (Å²) < 4.78 is 0. The van der Waals surface area contributed by atoms with E-state index in [1.54, 1.807) is 6.07 Å². The number of nitrogens with two attached hydrogens (primary N) is 2. The van der Waals surface area contributed by atoms with Crippen LogP contribution in [0.2, 0.25) is 0 Å². The molecule has 1 aliphatic carbocycles. The number of phenolic OH excluding ortho intramolecular Hbond substituents is 1. The summed E-state index contributed by atoms with van der Waals surface area (Å²) in [5.41, 5.74) is 14.6. The minimum atomic E-state index is -0.160. The van der Waals surface area contributed by atoms with Gasteiger partial charge < -0.3 is 16.6 Å². The fraction of sp³-hybridized carbons (Fsp3) is 0.455. The number of phenols is 1. The van der Waals surface area contributed by atoms with Crippen molar-refractivity contribution in [2.75, 3.05) is 6.54 Å². The second-order valence-electron chi connectivity index (χ2n) is 3.87. The lowest BCUT2D eigenvalue weighted by Crippen LogP contribution is -2.20. The van der Waals surface area contributed by atoms with Gasteiger partial charge in [0.05, 0.1) is 0 Å². The molecule has 0 bridgehead atoms. The summed E-state index contributed by atoms with van der Waals surface area (Å²) in [7, 11) is 0. The molecule has 3 heteroatoms. The number of rotatable bonds is 2. The maximum absolute atomic E-state index is 9.76. The Morgan fingerprint density at radius 1 is 1.36 bits per heavy atom. The molecular weight excluding hydrogens is 176 g/mol. The molecule has 5 N–H and O–H groups in total. The molecule has 0 heterocycles. The van der Waals surface area contributed by atoms with Gasteiger partial charge in [-0.05, 0) is 42.0 Å². The normalized spacial score (nSPS) is 16.7. The molecule has 0 radical (unpaired) electrons. The third-order valence-electron chi connectivity index (χ3n) is 2.90. The Kier molecular flexibility index (Phi) is 2.44. The monoisotopic (exact) mass is 192 g/mol. The molecule has 14 heavy (non-hydrogen) atoms. The second-order valence-corrected chi connectivity index (χ2v) is 3.87. The van der Waals surface area contributed by atoms with Crippen LogP contribution in [0.5, 0.6) is 5.75 Å². The highest BCUT2D eigenvalue weighted by Crippen LogP contribution is 2.32. The zero-order valence-electron chi connectivity index (χ0n) is 8.16. The first-order chi connectivity index (χ1) is 6.72. The van der Waals surface area contributed by atoms with E-state index in [9.17, 15) is 5.11 Å². The van der Waals surface area contributed by atoms with Crippen molar-refractivity contribution in [1.29, 1.82) is 0 Å². The maximum atomic E-state index is 9.76. The zero-order valence-corrected chi connectivity index (χ0v) is 8.16. The van der Waals surface area contributed by atoms with E-state index in [1.165, 1.54) is 5.56 Å². The zero-order chi connectivity index (χ0) is 10.1. The number of fused-ring (bicyclic) bond motifs is 1. The van der Waals surface area contributed by atoms with E-state index >= 15 is 0 Å². The molecule has 1 aromatic carbocycles. The van der Waals surface area contributed by atoms with Crippen LogP contribution in [0.1, 0.15) is 29.2 Å². The van der Waals surface area contributed by atoms with Crippen LogP contribution in [0.4, 0.5) is 0 Å². The Morgan fingerprint density at radius 2 is 2.14 bits per heavy atom. The predicted octanol–water partition coefficient (Wildman–Crippen LogP) is 0.839. The van der Waals surface area contributed by atoms with Crippen molar-refractivity contribution in [3.63, 3.8) is 0 Å². The quantitative estimate of drug-likeness (QED) is 0.650. The van der Waals surface area contributed by atoms with Gasteiger partial charge in [0.25, 0.3) is 0 Å². The molecule has 1 aliphatic rings. The largest absolute Gasteiger partial charge is 0.508 e. The molecule has 3 nitrogen and oxygen atoms in total. The van der Waals surface area contributed by atoms with Crippen LogP contribution in [-0.2, 0) is 12.8 Å². The fourth-order valence-electron chi connectivity index (χ4n) is 2.06. The highest BCUT2D eigenvalue weighted by Gasteiger charge is 2.17. The summed E-state index contributed by atoms with van der Waals surface area (Å²) in [6.45, 7) is 0.415. The van der Waals surface area contributed by atoms with Gasteiger partial charge in [-0.15, -0.1) is 0 Å². The van der Waals surface area contributed by atoms with Crippen LogP contribution in [0, 0.1) is 0 Å². The van der Waals surface area contributed by atoms with Crippen molar-refractivity contribution in [2.45, 2.75) is 25.3 Å². The fourth-order valence-corrected chi connectivity index (χ4v) is 2.06. The summed E-state index contributed by atoms with van der Waals surface area (Å²) in [5.74, 6) is 0.388. The lowest BCUT2D eigenvalue weighted by molar-refractivity contribution is 0.467. The molecule has 1 aromatic rings. The van der Waals surface area contributed by atoms with Gasteiger partial charge in [-0.1, -0.05) is 6.07 Å². The summed E-state index contributed by atoms with van der Waals surface area (Å²) >= 11 is 0.